The average Bonchev–Trinajstić information content (AvgIpc) is 2.55. The maximum Gasteiger partial charge on any atom is 0.104 e. The topological polar surface area (TPSA) is 39.2 Å². The van der Waals surface area contributed by atoms with Crippen LogP contribution >= 0.6 is 0 Å². The molecule has 1 aromatic heterocycles. The van der Waals surface area contributed by atoms with E-state index in [0.717, 1.165) is 18.7 Å². The molecule has 1 heterocycles. The molecule has 1 unspecified atom stereocenters. The first kappa shape index (κ1) is 10.3. The van der Waals surface area contributed by atoms with Crippen molar-refractivity contribution in [3.05, 3.63) is 24.2 Å². The Labute approximate surface area is 80.1 Å². The number of rotatable bonds is 5. The summed E-state index contributed by atoms with van der Waals surface area (Å²) in [6, 6.07) is 3.95. The van der Waals surface area contributed by atoms with E-state index in [9.17, 15) is 0 Å². The van der Waals surface area contributed by atoms with Gasteiger partial charge in [-0.05, 0) is 36.9 Å². The fourth-order valence-corrected chi connectivity index (χ4v) is 1.64. The van der Waals surface area contributed by atoms with E-state index in [1.54, 1.807) is 6.26 Å². The molecule has 74 valence electrons. The molecular formula is C11H19NO. The van der Waals surface area contributed by atoms with Crippen LogP contribution in [-0.2, 0) is 6.42 Å². The van der Waals surface area contributed by atoms with Gasteiger partial charge in [-0.2, -0.15) is 0 Å². The van der Waals surface area contributed by atoms with Crippen molar-refractivity contribution in [3.8, 4) is 0 Å². The first-order chi connectivity index (χ1) is 6.22. The lowest BCUT2D eigenvalue weighted by atomic mass is 9.93. The second-order valence-corrected chi connectivity index (χ2v) is 4.01. The summed E-state index contributed by atoms with van der Waals surface area (Å²) in [7, 11) is 0. The van der Waals surface area contributed by atoms with Crippen molar-refractivity contribution >= 4 is 0 Å². The van der Waals surface area contributed by atoms with Gasteiger partial charge in [-0.3, -0.25) is 0 Å². The Hall–Kier alpha value is -0.760. The van der Waals surface area contributed by atoms with Crippen molar-refractivity contribution in [2.45, 2.75) is 26.7 Å². The molecule has 0 aliphatic carbocycles. The Bertz CT molecular complexity index is 216. The van der Waals surface area contributed by atoms with Crippen molar-refractivity contribution in [3.63, 3.8) is 0 Å². The highest BCUT2D eigenvalue weighted by Crippen LogP contribution is 2.16. The SMILES string of the molecule is CC(C)CC(CN)Cc1ccco1. The van der Waals surface area contributed by atoms with E-state index < -0.39 is 0 Å². The zero-order chi connectivity index (χ0) is 9.68. The highest BCUT2D eigenvalue weighted by Gasteiger charge is 2.11. The minimum Gasteiger partial charge on any atom is -0.469 e. The van der Waals surface area contributed by atoms with Gasteiger partial charge in [0.25, 0.3) is 0 Å². The van der Waals surface area contributed by atoms with Gasteiger partial charge in [0, 0.05) is 6.42 Å². The second-order valence-electron chi connectivity index (χ2n) is 4.01. The number of furan rings is 1. The van der Waals surface area contributed by atoms with Crippen LogP contribution in [0.2, 0.25) is 0 Å². The standard InChI is InChI=1S/C11H19NO/c1-9(2)6-10(8-12)7-11-4-3-5-13-11/h3-5,9-10H,6-8,12H2,1-2H3. The maximum atomic E-state index is 5.70. The smallest absolute Gasteiger partial charge is 0.104 e. The van der Waals surface area contributed by atoms with Gasteiger partial charge < -0.3 is 10.2 Å². The quantitative estimate of drug-likeness (QED) is 0.757. The van der Waals surface area contributed by atoms with Crippen LogP contribution in [0.15, 0.2) is 22.8 Å². The molecule has 0 radical (unpaired) electrons. The summed E-state index contributed by atoms with van der Waals surface area (Å²) in [5, 5.41) is 0. The van der Waals surface area contributed by atoms with Crippen molar-refractivity contribution < 1.29 is 4.42 Å². The molecule has 2 nitrogen and oxygen atoms in total. The molecule has 1 aromatic rings. The first-order valence-electron chi connectivity index (χ1n) is 4.94. The van der Waals surface area contributed by atoms with Crippen molar-refractivity contribution in [2.24, 2.45) is 17.6 Å². The minimum atomic E-state index is 0.561. The Morgan fingerprint density at radius 2 is 2.23 bits per heavy atom. The molecule has 2 heteroatoms. The number of hydrogen-bond donors (Lipinski definition) is 1. The third-order valence-electron chi connectivity index (χ3n) is 2.21. The summed E-state index contributed by atoms with van der Waals surface area (Å²) < 4.78 is 5.29. The van der Waals surface area contributed by atoms with E-state index in [4.69, 9.17) is 10.2 Å². The van der Waals surface area contributed by atoms with Crippen LogP contribution in [0, 0.1) is 11.8 Å². The van der Waals surface area contributed by atoms with E-state index >= 15 is 0 Å². The fraction of sp³-hybridized carbons (Fsp3) is 0.636. The van der Waals surface area contributed by atoms with Crippen LogP contribution in [0.25, 0.3) is 0 Å². The summed E-state index contributed by atoms with van der Waals surface area (Å²) in [5.74, 6) is 2.32. The third-order valence-corrected chi connectivity index (χ3v) is 2.21. The lowest BCUT2D eigenvalue weighted by Gasteiger charge is -2.15. The first-order valence-corrected chi connectivity index (χ1v) is 4.94. The Morgan fingerprint density at radius 1 is 1.46 bits per heavy atom. The third kappa shape index (κ3) is 3.64. The van der Waals surface area contributed by atoms with Gasteiger partial charge in [0.1, 0.15) is 5.76 Å². The van der Waals surface area contributed by atoms with Crippen molar-refractivity contribution in [1.82, 2.24) is 0 Å². The Balaban J connectivity index is 2.40. The maximum absolute atomic E-state index is 5.70. The average molecular weight is 181 g/mol. The minimum absolute atomic E-state index is 0.561. The van der Waals surface area contributed by atoms with E-state index in [2.05, 4.69) is 13.8 Å². The fourth-order valence-electron chi connectivity index (χ4n) is 1.64. The Morgan fingerprint density at radius 3 is 2.69 bits per heavy atom. The predicted octanol–water partition coefficient (Wildman–Crippen LogP) is 2.44. The van der Waals surface area contributed by atoms with Crippen LogP contribution in [0.3, 0.4) is 0 Å². The molecule has 0 aromatic carbocycles. The van der Waals surface area contributed by atoms with Crippen molar-refractivity contribution in [1.29, 1.82) is 0 Å². The van der Waals surface area contributed by atoms with Crippen LogP contribution in [-0.4, -0.2) is 6.54 Å². The molecule has 2 N–H and O–H groups in total. The Kier molecular flexibility index (Phi) is 4.03. The van der Waals surface area contributed by atoms with Crippen LogP contribution in [0.5, 0.6) is 0 Å². The normalized spacial score (nSPS) is 13.5. The number of nitrogens with two attached hydrogens (primary N) is 1. The zero-order valence-corrected chi connectivity index (χ0v) is 8.49. The molecule has 0 fully saturated rings. The molecule has 0 bridgehead atoms. The molecule has 13 heavy (non-hydrogen) atoms. The van der Waals surface area contributed by atoms with E-state index in [1.165, 1.54) is 6.42 Å². The molecule has 0 aliphatic rings. The highest BCUT2D eigenvalue weighted by atomic mass is 16.3. The summed E-state index contributed by atoms with van der Waals surface area (Å²) in [4.78, 5) is 0. The van der Waals surface area contributed by atoms with E-state index in [1.807, 2.05) is 12.1 Å². The van der Waals surface area contributed by atoms with E-state index in [-0.39, 0.29) is 0 Å². The van der Waals surface area contributed by atoms with Crippen molar-refractivity contribution in [2.75, 3.05) is 6.54 Å². The predicted molar refractivity (Wildman–Crippen MR) is 54.4 cm³/mol. The van der Waals surface area contributed by atoms with Crippen LogP contribution < -0.4 is 5.73 Å². The monoisotopic (exact) mass is 181 g/mol. The lowest BCUT2D eigenvalue weighted by Crippen LogP contribution is -2.18. The van der Waals surface area contributed by atoms with E-state index in [0.29, 0.717) is 11.8 Å². The molecule has 0 amide bonds. The van der Waals surface area contributed by atoms with Gasteiger partial charge in [0.2, 0.25) is 0 Å². The summed E-state index contributed by atoms with van der Waals surface area (Å²) in [5.41, 5.74) is 5.70. The molecule has 1 rings (SSSR count). The van der Waals surface area contributed by atoms with Gasteiger partial charge in [0.05, 0.1) is 6.26 Å². The molecule has 0 saturated heterocycles. The summed E-state index contributed by atoms with van der Waals surface area (Å²) in [6.45, 7) is 5.20. The molecule has 0 aliphatic heterocycles. The molecule has 0 spiro atoms. The number of hydrogen-bond acceptors (Lipinski definition) is 2. The van der Waals surface area contributed by atoms with Gasteiger partial charge in [-0.25, -0.2) is 0 Å². The van der Waals surface area contributed by atoms with Gasteiger partial charge in [-0.1, -0.05) is 13.8 Å². The highest BCUT2D eigenvalue weighted by molar-refractivity contribution is 4.99. The molecular weight excluding hydrogens is 162 g/mol. The van der Waals surface area contributed by atoms with Gasteiger partial charge in [0.15, 0.2) is 0 Å². The van der Waals surface area contributed by atoms with Crippen LogP contribution in [0.4, 0.5) is 0 Å². The van der Waals surface area contributed by atoms with Crippen LogP contribution in [0.1, 0.15) is 26.0 Å². The summed E-state index contributed by atoms with van der Waals surface area (Å²) in [6.07, 6.45) is 3.87. The lowest BCUT2D eigenvalue weighted by molar-refractivity contribution is 0.380. The molecule has 1 atom stereocenters. The second kappa shape index (κ2) is 5.07. The largest absolute Gasteiger partial charge is 0.469 e. The van der Waals surface area contributed by atoms with Gasteiger partial charge in [-0.15, -0.1) is 0 Å². The summed E-state index contributed by atoms with van der Waals surface area (Å²) >= 11 is 0. The zero-order valence-electron chi connectivity index (χ0n) is 8.49. The van der Waals surface area contributed by atoms with Gasteiger partial charge >= 0.3 is 0 Å². The molecule has 0 saturated carbocycles.